The number of azo groups is 1. The molecule has 0 aliphatic heterocycles. The molecule has 0 bridgehead atoms. The molecule has 1 aromatic carbocycles. The van der Waals surface area contributed by atoms with E-state index in [1.165, 1.54) is 13.2 Å². The van der Waals surface area contributed by atoms with Crippen LogP contribution in [0.15, 0.2) is 28.4 Å². The highest BCUT2D eigenvalue weighted by Gasteiger charge is 2.03. The van der Waals surface area contributed by atoms with E-state index in [4.69, 9.17) is 26.9 Å². The summed E-state index contributed by atoms with van der Waals surface area (Å²) >= 11 is 5.86. The Morgan fingerprint density at radius 1 is 1.38 bits per heavy atom. The molecular formula is C10H7ClN4O. The molecule has 0 saturated heterocycles. The lowest BCUT2D eigenvalue weighted by Gasteiger charge is -2.01. The Morgan fingerprint density at radius 3 is 2.56 bits per heavy atom. The Balaban J connectivity index is 2.88. The lowest BCUT2D eigenvalue weighted by atomic mass is 10.3. The summed E-state index contributed by atoms with van der Waals surface area (Å²) in [7, 11) is 1.50. The van der Waals surface area contributed by atoms with Crippen LogP contribution in [0, 0.1) is 22.7 Å². The number of ether oxygens (including phenoxy) is 1. The highest BCUT2D eigenvalue weighted by atomic mass is 35.5. The molecule has 0 amide bonds. The minimum absolute atomic E-state index is 0.393. The Bertz CT molecular complexity index is 473. The summed E-state index contributed by atoms with van der Waals surface area (Å²) in [5, 5.41) is 24.6. The predicted octanol–water partition coefficient (Wildman–Crippen LogP) is 2.85. The fourth-order valence-corrected chi connectivity index (χ4v) is 1.17. The number of methoxy groups -OCH3 is 1. The molecule has 6 heteroatoms. The van der Waals surface area contributed by atoms with Gasteiger partial charge >= 0.3 is 0 Å². The summed E-state index contributed by atoms with van der Waals surface area (Å²) < 4.78 is 4.96. The van der Waals surface area contributed by atoms with Gasteiger partial charge in [0.05, 0.1) is 17.8 Å². The molecule has 16 heavy (non-hydrogen) atoms. The molecule has 0 aliphatic rings. The van der Waals surface area contributed by atoms with Gasteiger partial charge in [0, 0.05) is 0 Å². The van der Waals surface area contributed by atoms with E-state index in [1.54, 1.807) is 24.3 Å². The van der Waals surface area contributed by atoms with Crippen molar-refractivity contribution >= 4 is 17.3 Å². The Morgan fingerprint density at radius 2 is 2.06 bits per heavy atom. The van der Waals surface area contributed by atoms with Gasteiger partial charge in [-0.15, -0.1) is 0 Å². The summed E-state index contributed by atoms with van der Waals surface area (Å²) in [4.78, 5) is 0. The summed E-state index contributed by atoms with van der Waals surface area (Å²) in [6.45, 7) is 0. The van der Waals surface area contributed by atoms with Crippen molar-refractivity contribution in [2.75, 3.05) is 7.11 Å². The molecular weight excluding hydrogens is 228 g/mol. The highest BCUT2D eigenvalue weighted by molar-refractivity contribution is 6.32. The third-order valence-electron chi connectivity index (χ3n) is 1.67. The maximum Gasteiger partial charge on any atom is 0.242 e. The first-order valence-electron chi connectivity index (χ1n) is 4.25. The first kappa shape index (κ1) is 12.0. The van der Waals surface area contributed by atoms with Gasteiger partial charge in [-0.05, 0) is 18.2 Å². The van der Waals surface area contributed by atoms with Crippen molar-refractivity contribution in [3.05, 3.63) is 23.2 Å². The van der Waals surface area contributed by atoms with Gasteiger partial charge in [0.2, 0.25) is 6.04 Å². The molecule has 0 unspecified atom stereocenters. The van der Waals surface area contributed by atoms with E-state index in [2.05, 4.69) is 10.2 Å². The van der Waals surface area contributed by atoms with E-state index in [1.807, 2.05) is 0 Å². The Labute approximate surface area is 97.5 Å². The molecule has 1 rings (SSSR count). The number of benzene rings is 1. The number of hydrogen-bond acceptors (Lipinski definition) is 5. The molecule has 0 N–H and O–H groups in total. The second-order valence-electron chi connectivity index (χ2n) is 2.70. The topological polar surface area (TPSA) is 81.5 Å². The minimum Gasteiger partial charge on any atom is -0.495 e. The van der Waals surface area contributed by atoms with E-state index in [0.29, 0.717) is 16.5 Å². The first-order valence-corrected chi connectivity index (χ1v) is 4.62. The van der Waals surface area contributed by atoms with Crippen LogP contribution in [0.4, 0.5) is 5.69 Å². The van der Waals surface area contributed by atoms with Crippen LogP contribution < -0.4 is 4.74 Å². The van der Waals surface area contributed by atoms with E-state index in [0.717, 1.165) is 0 Å². The van der Waals surface area contributed by atoms with Gasteiger partial charge in [-0.25, -0.2) is 0 Å². The Hall–Kier alpha value is -2.11. The predicted molar refractivity (Wildman–Crippen MR) is 57.5 cm³/mol. The quantitative estimate of drug-likeness (QED) is 0.754. The molecule has 0 aromatic heterocycles. The molecule has 0 saturated carbocycles. The average Bonchev–Trinajstić information content (AvgIpc) is 2.30. The van der Waals surface area contributed by atoms with Crippen LogP contribution in [-0.4, -0.2) is 13.2 Å². The SMILES string of the molecule is COc1ccc(N=NC(C#N)C#N)cc1Cl. The van der Waals surface area contributed by atoms with Crippen molar-refractivity contribution in [1.82, 2.24) is 0 Å². The molecule has 1 aromatic rings. The van der Waals surface area contributed by atoms with Crippen molar-refractivity contribution in [1.29, 1.82) is 10.5 Å². The number of halogens is 1. The molecule has 0 aliphatic carbocycles. The average molecular weight is 235 g/mol. The maximum absolute atomic E-state index is 8.47. The zero-order chi connectivity index (χ0) is 12.0. The maximum atomic E-state index is 8.47. The second kappa shape index (κ2) is 5.69. The van der Waals surface area contributed by atoms with E-state index in [-0.39, 0.29) is 0 Å². The second-order valence-corrected chi connectivity index (χ2v) is 3.10. The van der Waals surface area contributed by atoms with Crippen molar-refractivity contribution < 1.29 is 4.74 Å². The minimum atomic E-state index is -1.10. The highest BCUT2D eigenvalue weighted by Crippen LogP contribution is 2.28. The van der Waals surface area contributed by atoms with Crippen LogP contribution in [0.5, 0.6) is 5.75 Å². The third-order valence-corrected chi connectivity index (χ3v) is 1.96. The van der Waals surface area contributed by atoms with Gasteiger partial charge in [0.15, 0.2) is 0 Å². The van der Waals surface area contributed by atoms with Crippen LogP contribution in [0.25, 0.3) is 0 Å². The van der Waals surface area contributed by atoms with E-state index >= 15 is 0 Å². The number of hydrogen-bond donors (Lipinski definition) is 0. The first-order chi connectivity index (χ1) is 7.71. The summed E-state index contributed by atoms with van der Waals surface area (Å²) in [5.41, 5.74) is 0.460. The molecule has 80 valence electrons. The largest absolute Gasteiger partial charge is 0.495 e. The van der Waals surface area contributed by atoms with Gasteiger partial charge in [-0.1, -0.05) is 11.6 Å². The number of rotatable bonds is 3. The van der Waals surface area contributed by atoms with Crippen LogP contribution in [0.2, 0.25) is 5.02 Å². The van der Waals surface area contributed by atoms with Gasteiger partial charge in [-0.3, -0.25) is 0 Å². The smallest absolute Gasteiger partial charge is 0.242 e. The third kappa shape index (κ3) is 2.94. The monoisotopic (exact) mass is 234 g/mol. The fraction of sp³-hybridized carbons (Fsp3) is 0.200. The lowest BCUT2D eigenvalue weighted by molar-refractivity contribution is 0.415. The van der Waals surface area contributed by atoms with Crippen LogP contribution in [0.3, 0.4) is 0 Å². The van der Waals surface area contributed by atoms with E-state index < -0.39 is 6.04 Å². The van der Waals surface area contributed by atoms with Crippen molar-refractivity contribution in [3.8, 4) is 17.9 Å². The van der Waals surface area contributed by atoms with Crippen molar-refractivity contribution in [2.24, 2.45) is 10.2 Å². The molecule has 0 spiro atoms. The zero-order valence-corrected chi connectivity index (χ0v) is 9.14. The summed E-state index contributed by atoms with van der Waals surface area (Å²) in [5.74, 6) is 0.526. The molecule has 0 radical (unpaired) electrons. The standard InChI is InChI=1S/C10H7ClN4O/c1-16-10-3-2-7(4-9(10)11)14-15-8(5-12)6-13/h2-4,8H,1H3. The number of nitrogens with zero attached hydrogens (tertiary/aromatic N) is 4. The fourth-order valence-electron chi connectivity index (χ4n) is 0.922. The summed E-state index contributed by atoms with van der Waals surface area (Å²) in [6.07, 6.45) is 0. The van der Waals surface area contributed by atoms with Gasteiger partial charge in [-0.2, -0.15) is 20.8 Å². The van der Waals surface area contributed by atoms with Gasteiger partial charge in [0.1, 0.15) is 17.9 Å². The van der Waals surface area contributed by atoms with Gasteiger partial charge < -0.3 is 4.74 Å². The summed E-state index contributed by atoms with van der Waals surface area (Å²) in [6, 6.07) is 7.06. The number of nitriles is 2. The van der Waals surface area contributed by atoms with Crippen LogP contribution in [0.1, 0.15) is 0 Å². The lowest BCUT2D eigenvalue weighted by Crippen LogP contribution is -1.92. The van der Waals surface area contributed by atoms with Crippen LogP contribution in [-0.2, 0) is 0 Å². The van der Waals surface area contributed by atoms with E-state index in [9.17, 15) is 0 Å². The van der Waals surface area contributed by atoms with Gasteiger partial charge in [0.25, 0.3) is 0 Å². The van der Waals surface area contributed by atoms with Crippen molar-refractivity contribution in [3.63, 3.8) is 0 Å². The molecule has 0 fully saturated rings. The molecule has 0 heterocycles. The Kier molecular flexibility index (Phi) is 4.26. The zero-order valence-electron chi connectivity index (χ0n) is 8.38. The molecule has 0 atom stereocenters. The van der Waals surface area contributed by atoms with Crippen molar-refractivity contribution in [2.45, 2.75) is 6.04 Å². The normalized spacial score (nSPS) is 10.1. The molecule has 5 nitrogen and oxygen atoms in total. The van der Waals surface area contributed by atoms with Crippen LogP contribution >= 0.6 is 11.6 Å².